The molecule has 0 unspecified atom stereocenters. The topological polar surface area (TPSA) is 41.9 Å². The molecule has 4 heteroatoms. The largest absolute Gasteiger partial charge is 0.466 e. The normalized spacial score (nSPS) is 15.7. The maximum absolute atomic E-state index is 11.6. The summed E-state index contributed by atoms with van der Waals surface area (Å²) in [6.07, 6.45) is 1.49. The molecule has 4 nitrogen and oxygen atoms in total. The Morgan fingerprint density at radius 1 is 1.13 bits per heavy atom. The van der Waals surface area contributed by atoms with Crippen LogP contribution in [-0.2, 0) is 9.53 Å². The molecule has 2 aromatic carbocycles. The minimum atomic E-state index is -0.373. The van der Waals surface area contributed by atoms with E-state index in [4.69, 9.17) is 9.73 Å². The highest BCUT2D eigenvalue weighted by molar-refractivity contribution is 6.16. The Morgan fingerprint density at radius 3 is 2.57 bits per heavy atom. The summed E-state index contributed by atoms with van der Waals surface area (Å²) in [5, 5.41) is 0. The number of benzene rings is 2. The summed E-state index contributed by atoms with van der Waals surface area (Å²) in [7, 11) is 3.32. The molecule has 2 aromatic rings. The third kappa shape index (κ3) is 3.01. The van der Waals surface area contributed by atoms with Crippen molar-refractivity contribution in [3.8, 4) is 0 Å². The van der Waals surface area contributed by atoms with E-state index >= 15 is 0 Å². The first-order valence-electron chi connectivity index (χ1n) is 7.42. The molecule has 0 aromatic heterocycles. The van der Waals surface area contributed by atoms with Gasteiger partial charge in [-0.25, -0.2) is 4.79 Å². The monoisotopic (exact) mass is 306 g/mol. The lowest BCUT2D eigenvalue weighted by Crippen LogP contribution is -2.20. The summed E-state index contributed by atoms with van der Waals surface area (Å²) in [4.78, 5) is 18.4. The number of carbonyl (C=O) groups is 1. The minimum absolute atomic E-state index is 0.373. The molecule has 116 valence electrons. The lowest BCUT2D eigenvalue weighted by Gasteiger charge is -2.21. The zero-order valence-corrected chi connectivity index (χ0v) is 13.2. The second-order valence-corrected chi connectivity index (χ2v) is 5.27. The van der Waals surface area contributed by atoms with Crippen molar-refractivity contribution in [2.24, 2.45) is 4.99 Å². The van der Waals surface area contributed by atoms with Gasteiger partial charge in [0.05, 0.1) is 25.1 Å². The molecule has 23 heavy (non-hydrogen) atoms. The number of esters is 1. The van der Waals surface area contributed by atoms with Crippen LogP contribution < -0.4 is 4.90 Å². The molecule has 0 aliphatic carbocycles. The fourth-order valence-corrected chi connectivity index (χ4v) is 2.65. The maximum atomic E-state index is 11.6. The third-order valence-electron chi connectivity index (χ3n) is 3.88. The van der Waals surface area contributed by atoms with Crippen molar-refractivity contribution in [1.82, 2.24) is 0 Å². The lowest BCUT2D eigenvalue weighted by atomic mass is 10.0. The van der Waals surface area contributed by atoms with Gasteiger partial charge in [0, 0.05) is 29.9 Å². The summed E-state index contributed by atoms with van der Waals surface area (Å²) in [5.41, 5.74) is 4.86. The van der Waals surface area contributed by atoms with Crippen molar-refractivity contribution >= 4 is 17.4 Å². The molecule has 1 heterocycles. The smallest absolute Gasteiger partial charge is 0.332 e. The number of likely N-dealkylation sites (N-methyl/N-ethyl adjacent to an activating group) is 1. The Bertz CT molecular complexity index is 779. The van der Waals surface area contributed by atoms with Crippen LogP contribution in [0.2, 0.25) is 0 Å². The molecule has 0 bridgehead atoms. The van der Waals surface area contributed by atoms with Gasteiger partial charge in [0.15, 0.2) is 0 Å². The molecule has 0 amide bonds. The number of methoxy groups -OCH3 is 1. The Hall–Kier alpha value is -2.88. The van der Waals surface area contributed by atoms with Crippen molar-refractivity contribution < 1.29 is 9.53 Å². The van der Waals surface area contributed by atoms with E-state index in [2.05, 4.69) is 6.07 Å². The fourth-order valence-electron chi connectivity index (χ4n) is 2.65. The van der Waals surface area contributed by atoms with Crippen LogP contribution in [0.3, 0.4) is 0 Å². The first-order chi connectivity index (χ1) is 11.2. The van der Waals surface area contributed by atoms with Gasteiger partial charge in [-0.2, -0.15) is 0 Å². The van der Waals surface area contributed by atoms with E-state index in [0.29, 0.717) is 6.54 Å². The average Bonchev–Trinajstić information content (AvgIpc) is 2.74. The van der Waals surface area contributed by atoms with Crippen LogP contribution in [0, 0.1) is 0 Å². The average molecular weight is 306 g/mol. The third-order valence-corrected chi connectivity index (χ3v) is 3.88. The highest BCUT2D eigenvalue weighted by Crippen LogP contribution is 2.28. The number of rotatable bonds is 2. The second kappa shape index (κ2) is 6.48. The maximum Gasteiger partial charge on any atom is 0.332 e. The van der Waals surface area contributed by atoms with E-state index < -0.39 is 0 Å². The summed E-state index contributed by atoms with van der Waals surface area (Å²) < 4.78 is 4.75. The van der Waals surface area contributed by atoms with Gasteiger partial charge < -0.3 is 9.64 Å². The Morgan fingerprint density at radius 2 is 1.83 bits per heavy atom. The number of nitrogens with zero attached hydrogens (tertiary/aromatic N) is 2. The predicted octanol–water partition coefficient (Wildman–Crippen LogP) is 3.03. The van der Waals surface area contributed by atoms with E-state index in [1.54, 1.807) is 0 Å². The Balaban J connectivity index is 2.14. The zero-order valence-electron chi connectivity index (χ0n) is 13.2. The first-order valence-corrected chi connectivity index (χ1v) is 7.42. The van der Waals surface area contributed by atoms with Crippen LogP contribution in [0.25, 0.3) is 0 Å². The zero-order chi connectivity index (χ0) is 16.2. The van der Waals surface area contributed by atoms with Gasteiger partial charge in [-0.1, -0.05) is 48.5 Å². The molecular formula is C19H18N2O2. The highest BCUT2D eigenvalue weighted by Gasteiger charge is 2.20. The molecule has 0 fully saturated rings. The number of fused-ring (bicyclic) bond motifs is 1. The molecule has 1 aliphatic rings. The summed E-state index contributed by atoms with van der Waals surface area (Å²) >= 11 is 0. The van der Waals surface area contributed by atoms with Crippen molar-refractivity contribution in [3.05, 3.63) is 77.5 Å². The van der Waals surface area contributed by atoms with Gasteiger partial charge in [-0.05, 0) is 6.07 Å². The molecule has 1 aliphatic heterocycles. The van der Waals surface area contributed by atoms with Gasteiger partial charge >= 0.3 is 5.97 Å². The first kappa shape index (κ1) is 15.0. The molecule has 0 spiro atoms. The van der Waals surface area contributed by atoms with Gasteiger partial charge in [0.2, 0.25) is 0 Å². The van der Waals surface area contributed by atoms with Gasteiger partial charge in [0.25, 0.3) is 0 Å². The summed E-state index contributed by atoms with van der Waals surface area (Å²) in [6, 6.07) is 18.2. The number of carbonyl (C=O) groups excluding carboxylic acids is 1. The van der Waals surface area contributed by atoms with Crippen LogP contribution in [-0.4, -0.2) is 32.4 Å². The van der Waals surface area contributed by atoms with E-state index in [9.17, 15) is 4.79 Å². The Labute approximate surface area is 135 Å². The second-order valence-electron chi connectivity index (χ2n) is 5.27. The molecule has 3 rings (SSSR count). The van der Waals surface area contributed by atoms with Gasteiger partial charge in [-0.15, -0.1) is 0 Å². The summed E-state index contributed by atoms with van der Waals surface area (Å²) in [6.45, 7) is 0.421. The van der Waals surface area contributed by atoms with Crippen LogP contribution in [0.1, 0.15) is 11.1 Å². The van der Waals surface area contributed by atoms with Crippen molar-refractivity contribution in [3.63, 3.8) is 0 Å². The van der Waals surface area contributed by atoms with Crippen LogP contribution >= 0.6 is 0 Å². The number of aliphatic imine (C=N–C) groups is 1. The fraction of sp³-hybridized carbons (Fsp3) is 0.158. The lowest BCUT2D eigenvalue weighted by molar-refractivity contribution is -0.134. The van der Waals surface area contributed by atoms with E-state index in [0.717, 1.165) is 28.2 Å². The summed E-state index contributed by atoms with van der Waals surface area (Å²) in [5.74, 6) is -0.373. The molecule has 0 saturated heterocycles. The highest BCUT2D eigenvalue weighted by atomic mass is 16.5. The Kier molecular flexibility index (Phi) is 4.24. The van der Waals surface area contributed by atoms with Crippen molar-refractivity contribution in [2.45, 2.75) is 0 Å². The van der Waals surface area contributed by atoms with Crippen molar-refractivity contribution in [1.29, 1.82) is 0 Å². The van der Waals surface area contributed by atoms with Crippen molar-refractivity contribution in [2.75, 3.05) is 25.6 Å². The van der Waals surface area contributed by atoms with Gasteiger partial charge in [0.1, 0.15) is 0 Å². The van der Waals surface area contributed by atoms with Crippen LogP contribution in [0.4, 0.5) is 5.69 Å². The molecule has 0 N–H and O–H groups in total. The van der Waals surface area contributed by atoms with E-state index in [1.165, 1.54) is 13.2 Å². The number of hydrogen-bond donors (Lipinski definition) is 0. The number of ether oxygens (including phenoxy) is 1. The number of para-hydroxylation sites is 1. The van der Waals surface area contributed by atoms with E-state index in [1.807, 2.05) is 60.5 Å². The molecule has 0 saturated carbocycles. The van der Waals surface area contributed by atoms with E-state index in [-0.39, 0.29) is 5.97 Å². The molecule has 0 atom stereocenters. The predicted molar refractivity (Wildman–Crippen MR) is 91.9 cm³/mol. The van der Waals surface area contributed by atoms with Crippen LogP contribution in [0.5, 0.6) is 0 Å². The quantitative estimate of drug-likeness (QED) is 0.632. The number of anilines is 1. The molecular weight excluding hydrogens is 288 g/mol. The van der Waals surface area contributed by atoms with Gasteiger partial charge in [-0.3, -0.25) is 4.99 Å². The number of benzodiazepines with no additional fused rings is 1. The minimum Gasteiger partial charge on any atom is -0.466 e. The SMILES string of the molecule is COC(=O)/C=C1\CN=C(c2ccccc2)c2ccccc2N1C. The van der Waals surface area contributed by atoms with Crippen LogP contribution in [0.15, 0.2) is 71.4 Å². The number of hydrogen-bond acceptors (Lipinski definition) is 4. The standard InChI is InChI=1S/C19H18N2O2/c1-21-15(12-18(22)23-2)13-20-19(14-8-4-3-5-9-14)16-10-6-7-11-17(16)21/h3-12H,13H2,1-2H3/b15-12+. The molecule has 0 radical (unpaired) electrons.